The summed E-state index contributed by atoms with van der Waals surface area (Å²) >= 11 is 0. The van der Waals surface area contributed by atoms with Gasteiger partial charge in [0.25, 0.3) is 0 Å². The molecule has 13 heavy (non-hydrogen) atoms. The lowest BCUT2D eigenvalue weighted by atomic mass is 10.2. The zero-order valence-corrected chi connectivity index (χ0v) is 8.20. The Labute approximate surface area is 77.8 Å². The fourth-order valence-corrected chi connectivity index (χ4v) is 0.917. The topological polar surface area (TPSA) is 12.0 Å². The molecule has 0 unspecified atom stereocenters. The predicted molar refractivity (Wildman–Crippen MR) is 50.5 cm³/mol. The summed E-state index contributed by atoms with van der Waals surface area (Å²) in [6.07, 6.45) is 0. The summed E-state index contributed by atoms with van der Waals surface area (Å²) in [5.74, 6) is -1.06. The van der Waals surface area contributed by atoms with Gasteiger partial charge in [0.05, 0.1) is 0 Å². The molecule has 0 aliphatic heterocycles. The highest BCUT2D eigenvalue weighted by molar-refractivity contribution is 5.17. The standard InChI is InChI=1S/C8H9F2N.C2H6/c1-11-5-6-2-7(9)4-8(10)3-6;1-2/h2-4,11H,5H2,1H3;1-2H3. The van der Waals surface area contributed by atoms with Crippen LogP contribution >= 0.6 is 0 Å². The summed E-state index contributed by atoms with van der Waals surface area (Å²) in [4.78, 5) is 0. The van der Waals surface area contributed by atoms with Crippen molar-refractivity contribution in [3.63, 3.8) is 0 Å². The number of hydrogen-bond acceptors (Lipinski definition) is 1. The highest BCUT2D eigenvalue weighted by Crippen LogP contribution is 2.06. The molecule has 1 aromatic rings. The smallest absolute Gasteiger partial charge is 0.126 e. The van der Waals surface area contributed by atoms with Crippen molar-refractivity contribution in [3.05, 3.63) is 35.4 Å². The highest BCUT2D eigenvalue weighted by atomic mass is 19.1. The Bertz CT molecular complexity index is 228. The van der Waals surface area contributed by atoms with Crippen LogP contribution in [0.5, 0.6) is 0 Å². The van der Waals surface area contributed by atoms with Crippen LogP contribution in [0, 0.1) is 11.6 Å². The molecule has 0 aromatic heterocycles. The average molecular weight is 187 g/mol. The molecule has 0 saturated carbocycles. The van der Waals surface area contributed by atoms with Crippen molar-refractivity contribution in [1.29, 1.82) is 0 Å². The lowest BCUT2D eigenvalue weighted by molar-refractivity contribution is 0.578. The zero-order chi connectivity index (χ0) is 10.3. The maximum absolute atomic E-state index is 12.5. The Morgan fingerprint density at radius 3 is 1.92 bits per heavy atom. The van der Waals surface area contributed by atoms with Gasteiger partial charge >= 0.3 is 0 Å². The number of hydrogen-bond donors (Lipinski definition) is 1. The van der Waals surface area contributed by atoms with Crippen LogP contribution in [0.25, 0.3) is 0 Å². The van der Waals surface area contributed by atoms with Gasteiger partial charge < -0.3 is 5.32 Å². The molecule has 0 atom stereocenters. The van der Waals surface area contributed by atoms with E-state index in [1.54, 1.807) is 7.05 Å². The molecular formula is C10H15F2N. The third kappa shape index (κ3) is 4.58. The zero-order valence-electron chi connectivity index (χ0n) is 8.20. The van der Waals surface area contributed by atoms with Crippen molar-refractivity contribution in [2.45, 2.75) is 20.4 Å². The normalized spacial score (nSPS) is 9.00. The van der Waals surface area contributed by atoms with Crippen LogP contribution in [0.2, 0.25) is 0 Å². The fraction of sp³-hybridized carbons (Fsp3) is 0.400. The van der Waals surface area contributed by atoms with Crippen molar-refractivity contribution in [2.24, 2.45) is 0 Å². The SMILES string of the molecule is CC.CNCc1cc(F)cc(F)c1. The molecule has 1 aromatic carbocycles. The minimum absolute atomic E-state index is 0.481. The second-order valence-corrected chi connectivity index (χ2v) is 2.31. The second-order valence-electron chi connectivity index (χ2n) is 2.31. The molecule has 1 N–H and O–H groups in total. The van der Waals surface area contributed by atoms with Gasteiger partial charge in [-0.3, -0.25) is 0 Å². The Morgan fingerprint density at radius 1 is 1.08 bits per heavy atom. The van der Waals surface area contributed by atoms with Gasteiger partial charge in [-0.15, -0.1) is 0 Å². The number of benzene rings is 1. The van der Waals surface area contributed by atoms with Crippen LogP contribution in [-0.2, 0) is 6.54 Å². The van der Waals surface area contributed by atoms with Gasteiger partial charge in [-0.05, 0) is 24.7 Å². The predicted octanol–water partition coefficient (Wildman–Crippen LogP) is 2.71. The van der Waals surface area contributed by atoms with Crippen molar-refractivity contribution >= 4 is 0 Å². The van der Waals surface area contributed by atoms with Crippen LogP contribution in [0.15, 0.2) is 18.2 Å². The monoisotopic (exact) mass is 187 g/mol. The van der Waals surface area contributed by atoms with E-state index < -0.39 is 11.6 Å². The summed E-state index contributed by atoms with van der Waals surface area (Å²) < 4.78 is 25.0. The molecule has 0 aliphatic rings. The molecule has 1 nitrogen and oxygen atoms in total. The quantitative estimate of drug-likeness (QED) is 0.750. The van der Waals surface area contributed by atoms with E-state index in [1.807, 2.05) is 13.8 Å². The second kappa shape index (κ2) is 6.54. The average Bonchev–Trinajstić information content (AvgIpc) is 2.06. The Balaban J connectivity index is 0.000000671. The van der Waals surface area contributed by atoms with E-state index in [9.17, 15) is 8.78 Å². The first-order valence-corrected chi connectivity index (χ1v) is 4.32. The van der Waals surface area contributed by atoms with Gasteiger partial charge in [-0.1, -0.05) is 13.8 Å². The first kappa shape index (κ1) is 12.0. The lowest BCUT2D eigenvalue weighted by Gasteiger charge is -1.99. The van der Waals surface area contributed by atoms with E-state index in [0.29, 0.717) is 12.1 Å². The van der Waals surface area contributed by atoms with E-state index >= 15 is 0 Å². The maximum Gasteiger partial charge on any atom is 0.126 e. The summed E-state index contributed by atoms with van der Waals surface area (Å²) in [5, 5.41) is 2.81. The molecule has 0 saturated heterocycles. The molecule has 74 valence electrons. The molecule has 0 spiro atoms. The number of rotatable bonds is 2. The summed E-state index contributed by atoms with van der Waals surface area (Å²) in [6, 6.07) is 3.47. The van der Waals surface area contributed by atoms with Gasteiger partial charge in [-0.2, -0.15) is 0 Å². The van der Waals surface area contributed by atoms with Gasteiger partial charge in [0.2, 0.25) is 0 Å². The first-order valence-electron chi connectivity index (χ1n) is 4.32. The van der Waals surface area contributed by atoms with Crippen molar-refractivity contribution in [2.75, 3.05) is 7.05 Å². The molecular weight excluding hydrogens is 172 g/mol. The van der Waals surface area contributed by atoms with Crippen molar-refractivity contribution in [1.82, 2.24) is 5.32 Å². The first-order chi connectivity index (χ1) is 6.22. The molecule has 0 radical (unpaired) electrons. The lowest BCUT2D eigenvalue weighted by Crippen LogP contribution is -2.05. The minimum atomic E-state index is -0.532. The minimum Gasteiger partial charge on any atom is -0.316 e. The number of nitrogens with one attached hydrogen (secondary N) is 1. The molecule has 0 bridgehead atoms. The van der Waals surface area contributed by atoms with Crippen LogP contribution in [0.4, 0.5) is 8.78 Å². The molecule has 3 heteroatoms. The van der Waals surface area contributed by atoms with Gasteiger partial charge in [0.15, 0.2) is 0 Å². The van der Waals surface area contributed by atoms with Crippen molar-refractivity contribution < 1.29 is 8.78 Å². The van der Waals surface area contributed by atoms with Crippen LogP contribution < -0.4 is 5.32 Å². The Kier molecular flexibility index (Phi) is 6.06. The van der Waals surface area contributed by atoms with E-state index in [-0.39, 0.29) is 0 Å². The van der Waals surface area contributed by atoms with E-state index in [1.165, 1.54) is 12.1 Å². The Morgan fingerprint density at radius 2 is 1.54 bits per heavy atom. The van der Waals surface area contributed by atoms with Crippen LogP contribution in [0.3, 0.4) is 0 Å². The molecule has 0 amide bonds. The molecule has 0 heterocycles. The van der Waals surface area contributed by atoms with E-state index in [4.69, 9.17) is 0 Å². The van der Waals surface area contributed by atoms with Crippen LogP contribution in [-0.4, -0.2) is 7.05 Å². The summed E-state index contributed by atoms with van der Waals surface area (Å²) in [6.45, 7) is 4.48. The van der Waals surface area contributed by atoms with Gasteiger partial charge in [-0.25, -0.2) is 8.78 Å². The maximum atomic E-state index is 12.5. The highest BCUT2D eigenvalue weighted by Gasteiger charge is 1.98. The third-order valence-corrected chi connectivity index (χ3v) is 1.30. The molecule has 1 rings (SSSR count). The van der Waals surface area contributed by atoms with E-state index in [2.05, 4.69) is 5.32 Å². The summed E-state index contributed by atoms with van der Waals surface area (Å²) in [5.41, 5.74) is 0.616. The third-order valence-electron chi connectivity index (χ3n) is 1.30. The largest absolute Gasteiger partial charge is 0.316 e. The van der Waals surface area contributed by atoms with Gasteiger partial charge in [0.1, 0.15) is 11.6 Å². The summed E-state index contributed by atoms with van der Waals surface area (Å²) in [7, 11) is 1.73. The van der Waals surface area contributed by atoms with Crippen LogP contribution in [0.1, 0.15) is 19.4 Å². The van der Waals surface area contributed by atoms with Gasteiger partial charge in [0, 0.05) is 12.6 Å². The van der Waals surface area contributed by atoms with Crippen molar-refractivity contribution in [3.8, 4) is 0 Å². The molecule has 0 fully saturated rings. The van der Waals surface area contributed by atoms with E-state index in [0.717, 1.165) is 6.07 Å². The number of halogens is 2. The Hall–Kier alpha value is -0.960. The fourth-order valence-electron chi connectivity index (χ4n) is 0.917. The molecule has 0 aliphatic carbocycles.